The zero-order valence-corrected chi connectivity index (χ0v) is 14.6. The van der Waals surface area contributed by atoms with E-state index in [1.165, 1.54) is 11.1 Å². The first kappa shape index (κ1) is 17.4. The lowest BCUT2D eigenvalue weighted by Gasteiger charge is -2.33. The predicted octanol–water partition coefficient (Wildman–Crippen LogP) is 2.59. The van der Waals surface area contributed by atoms with Crippen molar-refractivity contribution in [3.8, 4) is 0 Å². The molecule has 1 aromatic heterocycles. The molecule has 1 aromatic carbocycles. The fourth-order valence-electron chi connectivity index (χ4n) is 3.10. The van der Waals surface area contributed by atoms with E-state index >= 15 is 0 Å². The average Bonchev–Trinajstić information content (AvgIpc) is 2.64. The highest BCUT2D eigenvalue weighted by molar-refractivity contribution is 5.74. The number of amides is 2. The van der Waals surface area contributed by atoms with E-state index in [0.717, 1.165) is 18.4 Å². The Morgan fingerprint density at radius 3 is 2.96 bits per heavy atom. The topological polar surface area (TPSA) is 54.5 Å². The van der Waals surface area contributed by atoms with Crippen LogP contribution in [0.15, 0.2) is 48.8 Å². The number of hydrogen-bond donors (Lipinski definition) is 1. The number of nitrogens with one attached hydrogen (secondary N) is 1. The largest absolute Gasteiger partial charge is 0.374 e. The molecule has 25 heavy (non-hydrogen) atoms. The van der Waals surface area contributed by atoms with Gasteiger partial charge in [-0.05, 0) is 36.1 Å². The Morgan fingerprint density at radius 2 is 2.16 bits per heavy atom. The molecule has 1 N–H and O–H groups in total. The number of hydrogen-bond acceptors (Lipinski definition) is 3. The van der Waals surface area contributed by atoms with Crippen molar-refractivity contribution >= 4 is 6.03 Å². The predicted molar refractivity (Wildman–Crippen MR) is 97.5 cm³/mol. The molecular weight excluding hydrogens is 314 g/mol. The van der Waals surface area contributed by atoms with E-state index in [9.17, 15) is 4.79 Å². The molecule has 2 amide bonds. The lowest BCUT2D eigenvalue weighted by Crippen LogP contribution is -2.50. The molecule has 1 aliphatic rings. The first-order valence-electron chi connectivity index (χ1n) is 8.80. The van der Waals surface area contributed by atoms with Gasteiger partial charge in [0.25, 0.3) is 0 Å². The summed E-state index contributed by atoms with van der Waals surface area (Å²) in [4.78, 5) is 18.4. The Hall–Kier alpha value is -2.40. The molecule has 0 aliphatic carbocycles. The molecule has 132 valence electrons. The average molecular weight is 339 g/mol. The van der Waals surface area contributed by atoms with Gasteiger partial charge in [0.2, 0.25) is 0 Å². The first-order valence-corrected chi connectivity index (χ1v) is 8.80. The highest BCUT2D eigenvalue weighted by atomic mass is 16.5. The molecule has 2 aromatic rings. The van der Waals surface area contributed by atoms with Crippen molar-refractivity contribution in [2.75, 3.05) is 26.2 Å². The number of aromatic nitrogens is 1. The summed E-state index contributed by atoms with van der Waals surface area (Å²) >= 11 is 0. The second-order valence-electron chi connectivity index (χ2n) is 6.41. The van der Waals surface area contributed by atoms with Crippen LogP contribution in [0.5, 0.6) is 0 Å². The van der Waals surface area contributed by atoms with Gasteiger partial charge >= 0.3 is 6.03 Å². The van der Waals surface area contributed by atoms with Crippen LogP contribution in [-0.4, -0.2) is 48.3 Å². The maximum absolute atomic E-state index is 12.4. The van der Waals surface area contributed by atoms with Gasteiger partial charge < -0.3 is 15.0 Å². The summed E-state index contributed by atoms with van der Waals surface area (Å²) in [5, 5.41) is 3.02. The fraction of sp³-hybridized carbons (Fsp3) is 0.400. The number of urea groups is 1. The quantitative estimate of drug-likeness (QED) is 0.911. The summed E-state index contributed by atoms with van der Waals surface area (Å²) in [6.45, 7) is 4.54. The number of carbonyl (C=O) groups excluding carboxylic acids is 1. The lowest BCUT2D eigenvalue weighted by atomic mass is 10.1. The number of nitrogens with zero attached hydrogens (tertiary/aromatic N) is 2. The van der Waals surface area contributed by atoms with Crippen molar-refractivity contribution in [2.45, 2.75) is 25.9 Å². The number of rotatable bonds is 5. The van der Waals surface area contributed by atoms with Crippen molar-refractivity contribution < 1.29 is 9.53 Å². The molecule has 1 unspecified atom stereocenters. The van der Waals surface area contributed by atoms with Crippen LogP contribution in [0.1, 0.15) is 16.7 Å². The SMILES string of the molecule is Cc1cnccc1CCNC(=O)N1CCOC(Cc2ccccc2)C1. The van der Waals surface area contributed by atoms with E-state index < -0.39 is 0 Å². The van der Waals surface area contributed by atoms with Crippen LogP contribution >= 0.6 is 0 Å². The minimum Gasteiger partial charge on any atom is -0.374 e. The Bertz CT molecular complexity index is 690. The van der Waals surface area contributed by atoms with Crippen molar-refractivity contribution in [3.05, 3.63) is 65.5 Å². The first-order chi connectivity index (χ1) is 12.2. The molecule has 1 fully saturated rings. The number of morpholine rings is 1. The Balaban J connectivity index is 1.46. The molecule has 0 radical (unpaired) electrons. The van der Waals surface area contributed by atoms with Crippen LogP contribution in [0.25, 0.3) is 0 Å². The van der Waals surface area contributed by atoms with E-state index in [-0.39, 0.29) is 12.1 Å². The van der Waals surface area contributed by atoms with E-state index in [4.69, 9.17) is 4.74 Å². The van der Waals surface area contributed by atoms with Crippen molar-refractivity contribution in [1.29, 1.82) is 0 Å². The summed E-state index contributed by atoms with van der Waals surface area (Å²) in [6.07, 6.45) is 5.36. The Kier molecular flexibility index (Phi) is 6.01. The molecule has 5 nitrogen and oxygen atoms in total. The third-order valence-electron chi connectivity index (χ3n) is 4.54. The molecule has 3 rings (SSSR count). The Morgan fingerprint density at radius 1 is 1.32 bits per heavy atom. The van der Waals surface area contributed by atoms with Gasteiger partial charge in [-0.3, -0.25) is 4.98 Å². The van der Waals surface area contributed by atoms with E-state index in [1.54, 1.807) is 6.20 Å². The van der Waals surface area contributed by atoms with Crippen LogP contribution in [0.4, 0.5) is 4.79 Å². The normalized spacial score (nSPS) is 17.3. The van der Waals surface area contributed by atoms with E-state index in [1.807, 2.05) is 42.3 Å². The zero-order chi connectivity index (χ0) is 17.5. The van der Waals surface area contributed by atoms with E-state index in [0.29, 0.717) is 26.2 Å². The van der Waals surface area contributed by atoms with Crippen molar-refractivity contribution in [3.63, 3.8) is 0 Å². The molecule has 1 aliphatic heterocycles. The van der Waals surface area contributed by atoms with Gasteiger partial charge in [-0.25, -0.2) is 4.79 Å². The number of benzene rings is 1. The standard InChI is InChI=1S/C20H25N3O2/c1-16-14-21-9-7-18(16)8-10-22-20(24)23-11-12-25-19(15-23)13-17-5-3-2-4-6-17/h2-7,9,14,19H,8,10-13,15H2,1H3,(H,22,24). The van der Waals surface area contributed by atoms with Crippen LogP contribution in [0, 0.1) is 6.92 Å². The summed E-state index contributed by atoms with van der Waals surface area (Å²) in [5.41, 5.74) is 3.62. The summed E-state index contributed by atoms with van der Waals surface area (Å²) < 4.78 is 5.82. The van der Waals surface area contributed by atoms with Gasteiger partial charge in [0.15, 0.2) is 0 Å². The fourth-order valence-corrected chi connectivity index (χ4v) is 3.10. The molecule has 5 heteroatoms. The molecule has 2 heterocycles. The molecule has 1 atom stereocenters. The van der Waals surface area contributed by atoms with E-state index in [2.05, 4.69) is 22.4 Å². The lowest BCUT2D eigenvalue weighted by molar-refractivity contribution is -0.0132. The minimum absolute atomic E-state index is 0.00642. The summed E-state index contributed by atoms with van der Waals surface area (Å²) in [5.74, 6) is 0. The number of pyridine rings is 1. The Labute approximate surface area is 149 Å². The van der Waals surface area contributed by atoms with Gasteiger partial charge in [0, 0.05) is 38.4 Å². The maximum atomic E-state index is 12.4. The van der Waals surface area contributed by atoms with Gasteiger partial charge in [0.05, 0.1) is 12.7 Å². The number of ether oxygens (including phenoxy) is 1. The number of carbonyl (C=O) groups is 1. The minimum atomic E-state index is -0.00642. The molecule has 0 spiro atoms. The second kappa shape index (κ2) is 8.62. The highest BCUT2D eigenvalue weighted by Gasteiger charge is 2.24. The van der Waals surface area contributed by atoms with Crippen LogP contribution in [-0.2, 0) is 17.6 Å². The maximum Gasteiger partial charge on any atom is 0.317 e. The van der Waals surface area contributed by atoms with Crippen LogP contribution in [0.3, 0.4) is 0 Å². The van der Waals surface area contributed by atoms with Crippen LogP contribution < -0.4 is 5.32 Å². The van der Waals surface area contributed by atoms with Gasteiger partial charge in [-0.1, -0.05) is 30.3 Å². The van der Waals surface area contributed by atoms with Crippen molar-refractivity contribution in [2.24, 2.45) is 0 Å². The number of aryl methyl sites for hydroxylation is 1. The van der Waals surface area contributed by atoms with Gasteiger partial charge in [-0.2, -0.15) is 0 Å². The summed E-state index contributed by atoms with van der Waals surface area (Å²) in [6, 6.07) is 12.3. The van der Waals surface area contributed by atoms with Crippen LogP contribution in [0.2, 0.25) is 0 Å². The third kappa shape index (κ3) is 5.03. The summed E-state index contributed by atoms with van der Waals surface area (Å²) in [7, 11) is 0. The molecule has 1 saturated heterocycles. The van der Waals surface area contributed by atoms with Gasteiger partial charge in [-0.15, -0.1) is 0 Å². The second-order valence-corrected chi connectivity index (χ2v) is 6.41. The molecule has 0 bridgehead atoms. The smallest absolute Gasteiger partial charge is 0.317 e. The third-order valence-corrected chi connectivity index (χ3v) is 4.54. The van der Waals surface area contributed by atoms with Crippen molar-refractivity contribution in [1.82, 2.24) is 15.2 Å². The van der Waals surface area contributed by atoms with Gasteiger partial charge in [0.1, 0.15) is 0 Å². The molecule has 0 saturated carbocycles. The highest BCUT2D eigenvalue weighted by Crippen LogP contribution is 2.12. The molecular formula is C20H25N3O2. The monoisotopic (exact) mass is 339 g/mol. The zero-order valence-electron chi connectivity index (χ0n) is 14.6.